The fourth-order valence-corrected chi connectivity index (χ4v) is 5.50. The SMILES string of the molecule is CCCC(c1cnc(-c2cccc(O)c2)c2ccccc12)N1CCCCC1c1ccccc1. The lowest BCUT2D eigenvalue weighted by atomic mass is 9.88. The summed E-state index contributed by atoms with van der Waals surface area (Å²) in [5.41, 5.74) is 4.62. The Morgan fingerprint density at radius 2 is 1.73 bits per heavy atom. The van der Waals surface area contributed by atoms with E-state index >= 15 is 0 Å². The van der Waals surface area contributed by atoms with Crippen molar-refractivity contribution < 1.29 is 5.11 Å². The molecule has 1 saturated heterocycles. The molecule has 1 fully saturated rings. The van der Waals surface area contributed by atoms with Gasteiger partial charge in [0.25, 0.3) is 0 Å². The van der Waals surface area contributed by atoms with Crippen LogP contribution in [0.1, 0.15) is 62.2 Å². The molecule has 0 saturated carbocycles. The van der Waals surface area contributed by atoms with E-state index in [0.717, 1.165) is 36.0 Å². The number of nitrogens with zero attached hydrogens (tertiary/aromatic N) is 2. The first-order chi connectivity index (χ1) is 16.3. The molecule has 168 valence electrons. The van der Waals surface area contributed by atoms with E-state index in [4.69, 9.17) is 4.98 Å². The Hall–Kier alpha value is -3.17. The number of phenolic OH excluding ortho intramolecular Hbond substituents is 1. The zero-order valence-corrected chi connectivity index (χ0v) is 19.3. The second-order valence-corrected chi connectivity index (χ2v) is 9.12. The van der Waals surface area contributed by atoms with E-state index in [2.05, 4.69) is 72.6 Å². The van der Waals surface area contributed by atoms with Crippen LogP contribution in [0.25, 0.3) is 22.0 Å². The van der Waals surface area contributed by atoms with Gasteiger partial charge in [0.2, 0.25) is 0 Å². The standard InChI is InChI=1S/C30H32N2O/c1-2-11-29(32-19-9-8-18-28(32)22-12-4-3-5-13-22)27-21-31-30(23-14-10-15-24(33)20-23)26-17-7-6-16-25(26)27/h3-7,10,12-17,20-21,28-29,33H,2,8-9,11,18-19H2,1H3. The predicted octanol–water partition coefficient (Wildman–Crippen LogP) is 7.68. The summed E-state index contributed by atoms with van der Waals surface area (Å²) in [6.45, 7) is 3.40. The second kappa shape index (κ2) is 9.76. The van der Waals surface area contributed by atoms with Crippen molar-refractivity contribution in [2.24, 2.45) is 0 Å². The molecular weight excluding hydrogens is 404 g/mol. The van der Waals surface area contributed by atoms with Gasteiger partial charge in [-0.3, -0.25) is 9.88 Å². The van der Waals surface area contributed by atoms with Crippen molar-refractivity contribution in [3.05, 3.63) is 96.2 Å². The Labute approximate surface area is 196 Å². The normalized spacial score (nSPS) is 17.8. The lowest BCUT2D eigenvalue weighted by Crippen LogP contribution is -2.37. The average molecular weight is 437 g/mol. The van der Waals surface area contributed by atoms with Gasteiger partial charge in [-0.25, -0.2) is 0 Å². The smallest absolute Gasteiger partial charge is 0.116 e. The maximum atomic E-state index is 10.0. The van der Waals surface area contributed by atoms with E-state index in [1.807, 2.05) is 12.1 Å². The predicted molar refractivity (Wildman–Crippen MR) is 136 cm³/mol. The molecule has 1 aromatic heterocycles. The number of piperidine rings is 1. The second-order valence-electron chi connectivity index (χ2n) is 9.12. The summed E-state index contributed by atoms with van der Waals surface area (Å²) in [7, 11) is 0. The Balaban J connectivity index is 1.62. The van der Waals surface area contributed by atoms with Crippen LogP contribution < -0.4 is 0 Å². The number of benzene rings is 3. The first kappa shape index (κ1) is 21.7. The zero-order chi connectivity index (χ0) is 22.6. The lowest BCUT2D eigenvalue weighted by Gasteiger charge is -2.42. The third kappa shape index (κ3) is 4.38. The summed E-state index contributed by atoms with van der Waals surface area (Å²) < 4.78 is 0. The maximum Gasteiger partial charge on any atom is 0.116 e. The molecule has 2 heterocycles. The van der Waals surface area contributed by atoms with E-state index in [1.165, 1.54) is 35.8 Å². The van der Waals surface area contributed by atoms with Crippen molar-refractivity contribution in [2.45, 2.75) is 51.1 Å². The van der Waals surface area contributed by atoms with Crippen LogP contribution >= 0.6 is 0 Å². The van der Waals surface area contributed by atoms with Gasteiger partial charge < -0.3 is 5.11 Å². The van der Waals surface area contributed by atoms with Gasteiger partial charge >= 0.3 is 0 Å². The maximum absolute atomic E-state index is 10.0. The summed E-state index contributed by atoms with van der Waals surface area (Å²) in [5, 5.41) is 12.4. The van der Waals surface area contributed by atoms with Gasteiger partial charge in [0.15, 0.2) is 0 Å². The number of likely N-dealkylation sites (tertiary alicyclic amines) is 1. The Kier molecular flexibility index (Phi) is 6.41. The van der Waals surface area contributed by atoms with Gasteiger partial charge in [-0.1, -0.05) is 86.5 Å². The minimum Gasteiger partial charge on any atom is -0.508 e. The molecule has 1 aliphatic heterocycles. The Morgan fingerprint density at radius 3 is 2.52 bits per heavy atom. The lowest BCUT2D eigenvalue weighted by molar-refractivity contribution is 0.0886. The highest BCUT2D eigenvalue weighted by Crippen LogP contribution is 2.42. The summed E-state index contributed by atoms with van der Waals surface area (Å²) >= 11 is 0. The van der Waals surface area contributed by atoms with Gasteiger partial charge in [0.1, 0.15) is 5.75 Å². The number of aromatic nitrogens is 1. The minimum atomic E-state index is 0.269. The van der Waals surface area contributed by atoms with Crippen LogP contribution in [-0.4, -0.2) is 21.5 Å². The first-order valence-electron chi connectivity index (χ1n) is 12.2. The van der Waals surface area contributed by atoms with Crippen molar-refractivity contribution in [2.75, 3.05) is 6.54 Å². The third-order valence-electron chi connectivity index (χ3n) is 7.00. The Bertz CT molecular complexity index is 1220. The van der Waals surface area contributed by atoms with Crippen LogP contribution in [0, 0.1) is 0 Å². The fraction of sp³-hybridized carbons (Fsp3) is 0.300. The quantitative estimate of drug-likeness (QED) is 0.337. The first-order valence-corrected chi connectivity index (χ1v) is 12.2. The van der Waals surface area contributed by atoms with Crippen LogP contribution in [0.15, 0.2) is 85.1 Å². The van der Waals surface area contributed by atoms with Crippen LogP contribution in [0.3, 0.4) is 0 Å². The van der Waals surface area contributed by atoms with Crippen LogP contribution in [0.2, 0.25) is 0 Å². The average Bonchev–Trinajstić information content (AvgIpc) is 2.87. The van der Waals surface area contributed by atoms with Gasteiger partial charge in [0.05, 0.1) is 5.69 Å². The van der Waals surface area contributed by atoms with Crippen molar-refractivity contribution in [1.29, 1.82) is 0 Å². The highest BCUT2D eigenvalue weighted by molar-refractivity contribution is 5.96. The van der Waals surface area contributed by atoms with Crippen LogP contribution in [-0.2, 0) is 0 Å². The minimum absolute atomic E-state index is 0.269. The number of rotatable bonds is 6. The molecule has 5 rings (SSSR count). The number of fused-ring (bicyclic) bond motifs is 1. The molecule has 0 amide bonds. The molecule has 1 aliphatic rings. The van der Waals surface area contributed by atoms with E-state index < -0.39 is 0 Å². The third-order valence-corrected chi connectivity index (χ3v) is 7.00. The fourth-order valence-electron chi connectivity index (χ4n) is 5.50. The monoisotopic (exact) mass is 436 g/mol. The van der Waals surface area contributed by atoms with Crippen molar-refractivity contribution >= 4 is 10.8 Å². The number of pyridine rings is 1. The van der Waals surface area contributed by atoms with Crippen LogP contribution in [0.4, 0.5) is 0 Å². The molecular formula is C30H32N2O. The van der Waals surface area contributed by atoms with Crippen molar-refractivity contribution in [1.82, 2.24) is 9.88 Å². The molecule has 0 spiro atoms. The number of aromatic hydroxyl groups is 1. The van der Waals surface area contributed by atoms with Gasteiger partial charge in [-0.05, 0) is 54.5 Å². The highest BCUT2D eigenvalue weighted by atomic mass is 16.3. The summed E-state index contributed by atoms with van der Waals surface area (Å²) in [5.74, 6) is 0.269. The highest BCUT2D eigenvalue weighted by Gasteiger charge is 2.31. The van der Waals surface area contributed by atoms with Gasteiger partial charge in [-0.15, -0.1) is 0 Å². The molecule has 3 aromatic carbocycles. The number of hydrogen-bond donors (Lipinski definition) is 1. The molecule has 2 unspecified atom stereocenters. The molecule has 2 atom stereocenters. The van der Waals surface area contributed by atoms with E-state index in [0.29, 0.717) is 12.1 Å². The largest absolute Gasteiger partial charge is 0.508 e. The molecule has 0 bridgehead atoms. The number of phenols is 1. The Morgan fingerprint density at radius 1 is 0.939 bits per heavy atom. The topological polar surface area (TPSA) is 36.4 Å². The molecule has 33 heavy (non-hydrogen) atoms. The van der Waals surface area contributed by atoms with Gasteiger partial charge in [-0.2, -0.15) is 0 Å². The molecule has 3 heteroatoms. The van der Waals surface area contributed by atoms with E-state index in [1.54, 1.807) is 12.1 Å². The molecule has 1 N–H and O–H groups in total. The summed E-state index contributed by atoms with van der Waals surface area (Å²) in [6.07, 6.45) is 8.07. The molecule has 0 radical (unpaired) electrons. The molecule has 0 aliphatic carbocycles. The van der Waals surface area contributed by atoms with Crippen molar-refractivity contribution in [3.63, 3.8) is 0 Å². The zero-order valence-electron chi connectivity index (χ0n) is 19.3. The molecule has 4 aromatic rings. The van der Waals surface area contributed by atoms with Gasteiger partial charge in [0, 0.05) is 29.2 Å². The van der Waals surface area contributed by atoms with E-state index in [-0.39, 0.29) is 5.75 Å². The molecule has 3 nitrogen and oxygen atoms in total. The summed E-state index contributed by atoms with van der Waals surface area (Å²) in [6, 6.07) is 27.8. The van der Waals surface area contributed by atoms with Crippen molar-refractivity contribution in [3.8, 4) is 17.0 Å². The number of hydrogen-bond acceptors (Lipinski definition) is 3. The van der Waals surface area contributed by atoms with Crippen LogP contribution in [0.5, 0.6) is 5.75 Å². The van der Waals surface area contributed by atoms with E-state index in [9.17, 15) is 5.11 Å². The summed E-state index contributed by atoms with van der Waals surface area (Å²) in [4.78, 5) is 7.71.